The normalized spacial score (nSPS) is 13.2. The number of carbonyl (C=O) groups excluding carboxylic acids is 2. The fraction of sp³-hybridized carbons (Fsp3) is 0.393. The average molecular weight is 545 g/mol. The van der Waals surface area contributed by atoms with Crippen LogP contribution in [-0.2, 0) is 20.5 Å². The number of rotatable bonds is 11. The van der Waals surface area contributed by atoms with E-state index in [1.54, 1.807) is 43.3 Å². The summed E-state index contributed by atoms with van der Waals surface area (Å²) in [5.74, 6) is -0.159. The van der Waals surface area contributed by atoms with E-state index in [9.17, 15) is 13.8 Å². The second kappa shape index (κ2) is 12.6. The lowest BCUT2D eigenvalue weighted by Gasteiger charge is -2.23. The first-order valence-electron chi connectivity index (χ1n) is 12.2. The Bertz CT molecular complexity index is 1260. The van der Waals surface area contributed by atoms with Gasteiger partial charge in [0.1, 0.15) is 11.5 Å². The maximum atomic E-state index is 13.5. The molecule has 9 heteroatoms. The molecule has 0 fully saturated rings. The van der Waals surface area contributed by atoms with E-state index in [4.69, 9.17) is 20.9 Å². The summed E-state index contributed by atoms with van der Waals surface area (Å²) in [6.07, 6.45) is 1.55. The van der Waals surface area contributed by atoms with Crippen molar-refractivity contribution in [2.45, 2.75) is 64.7 Å². The third kappa shape index (κ3) is 7.37. The van der Waals surface area contributed by atoms with E-state index in [0.717, 1.165) is 12.8 Å². The van der Waals surface area contributed by atoms with Gasteiger partial charge in [0.25, 0.3) is 0 Å². The van der Waals surface area contributed by atoms with Gasteiger partial charge in [-0.2, -0.15) is 0 Å². The minimum Gasteiger partial charge on any atom is -0.466 e. The number of esters is 1. The van der Waals surface area contributed by atoms with Gasteiger partial charge in [-0.15, -0.1) is 0 Å². The third-order valence-corrected chi connectivity index (χ3v) is 7.57. The molecule has 3 aromatic rings. The van der Waals surface area contributed by atoms with Gasteiger partial charge in [0.05, 0.1) is 34.8 Å². The molecule has 198 valence electrons. The van der Waals surface area contributed by atoms with Gasteiger partial charge in [0, 0.05) is 21.7 Å². The maximum absolute atomic E-state index is 13.5. The molecule has 0 spiro atoms. The van der Waals surface area contributed by atoms with Crippen molar-refractivity contribution in [1.82, 2.24) is 9.88 Å². The number of ether oxygens (including phenoxy) is 1. The van der Waals surface area contributed by atoms with Crippen molar-refractivity contribution in [3.8, 4) is 11.1 Å². The molecule has 0 aliphatic rings. The first-order chi connectivity index (χ1) is 17.5. The van der Waals surface area contributed by atoms with Crippen molar-refractivity contribution in [1.29, 1.82) is 0 Å². The van der Waals surface area contributed by atoms with Gasteiger partial charge in [-0.25, -0.2) is 8.93 Å². The Hall–Kier alpha value is -2.81. The van der Waals surface area contributed by atoms with Gasteiger partial charge < -0.3 is 9.26 Å². The number of nitrogens with zero attached hydrogens (tertiary/aromatic N) is 1. The molecule has 0 saturated carbocycles. The van der Waals surface area contributed by atoms with Crippen LogP contribution in [0.25, 0.3) is 11.1 Å². The highest BCUT2D eigenvalue weighted by Crippen LogP contribution is 2.36. The number of ketones is 1. The zero-order valence-electron chi connectivity index (χ0n) is 21.8. The van der Waals surface area contributed by atoms with Crippen molar-refractivity contribution in [3.63, 3.8) is 0 Å². The zero-order valence-corrected chi connectivity index (χ0v) is 23.4. The van der Waals surface area contributed by atoms with E-state index < -0.39 is 27.7 Å². The maximum Gasteiger partial charge on any atom is 0.307 e. The molecule has 0 radical (unpaired) electrons. The molecule has 37 heavy (non-hydrogen) atoms. The molecule has 0 aliphatic carbocycles. The zero-order chi connectivity index (χ0) is 27.2. The number of hydrogen-bond acceptors (Lipinski definition) is 6. The van der Waals surface area contributed by atoms with Crippen LogP contribution in [0.5, 0.6) is 0 Å². The Morgan fingerprint density at radius 2 is 1.81 bits per heavy atom. The number of unbranched alkanes of at least 4 members (excludes halogenated alkanes) is 1. The van der Waals surface area contributed by atoms with E-state index in [0.29, 0.717) is 45.3 Å². The van der Waals surface area contributed by atoms with Crippen LogP contribution >= 0.6 is 11.6 Å². The Balaban J connectivity index is 2.05. The Labute approximate surface area is 225 Å². The van der Waals surface area contributed by atoms with E-state index in [1.165, 1.54) is 0 Å². The number of carbonyl (C=O) groups is 2. The number of benzene rings is 2. The van der Waals surface area contributed by atoms with Crippen molar-refractivity contribution in [2.75, 3.05) is 6.61 Å². The van der Waals surface area contributed by atoms with Crippen molar-refractivity contribution >= 4 is 34.3 Å². The van der Waals surface area contributed by atoms with E-state index in [-0.39, 0.29) is 12.2 Å². The average Bonchev–Trinajstić information content (AvgIpc) is 3.24. The molecule has 1 unspecified atom stereocenters. The molecule has 0 bridgehead atoms. The van der Waals surface area contributed by atoms with Gasteiger partial charge >= 0.3 is 5.97 Å². The molecule has 2 aromatic carbocycles. The van der Waals surface area contributed by atoms with E-state index in [1.807, 2.05) is 39.8 Å². The monoisotopic (exact) mass is 544 g/mol. The number of hydrogen-bond donors (Lipinski definition) is 1. The van der Waals surface area contributed by atoms with E-state index in [2.05, 4.69) is 9.88 Å². The van der Waals surface area contributed by atoms with Crippen molar-refractivity contribution in [2.24, 2.45) is 0 Å². The molecule has 7 nitrogen and oxygen atoms in total. The smallest absolute Gasteiger partial charge is 0.307 e. The number of nitrogens with one attached hydrogen (secondary N) is 1. The minimum absolute atomic E-state index is 0.0994. The van der Waals surface area contributed by atoms with Crippen molar-refractivity contribution in [3.05, 3.63) is 76.1 Å². The van der Waals surface area contributed by atoms with Crippen LogP contribution in [-0.4, -0.2) is 32.5 Å². The summed E-state index contributed by atoms with van der Waals surface area (Å²) in [6.45, 7) is 9.57. The van der Waals surface area contributed by atoms with Crippen LogP contribution in [0.1, 0.15) is 80.4 Å². The predicted octanol–water partition coefficient (Wildman–Crippen LogP) is 6.36. The SMILES string of the molecule is CCCCOC(=O)CC(N[S@](=O)C(C)(C)C)c1noc(C)c1-c1ccccc1C(=O)c1ccc(Cl)cc1. The summed E-state index contributed by atoms with van der Waals surface area (Å²) in [5, 5.41) is 4.79. The summed E-state index contributed by atoms with van der Waals surface area (Å²) in [6, 6.07) is 13.1. The van der Waals surface area contributed by atoms with Crippen LogP contribution in [0.2, 0.25) is 5.02 Å². The minimum atomic E-state index is -1.51. The van der Waals surface area contributed by atoms with Crippen LogP contribution in [0.15, 0.2) is 53.1 Å². The van der Waals surface area contributed by atoms with E-state index >= 15 is 0 Å². The Morgan fingerprint density at radius 1 is 1.14 bits per heavy atom. The number of halogens is 1. The summed E-state index contributed by atoms with van der Waals surface area (Å²) in [4.78, 5) is 26.2. The Kier molecular flexibility index (Phi) is 9.81. The van der Waals surface area contributed by atoms with Gasteiger partial charge in [-0.05, 0) is 63.9 Å². The van der Waals surface area contributed by atoms with Crippen LogP contribution in [0.4, 0.5) is 0 Å². The lowest BCUT2D eigenvalue weighted by molar-refractivity contribution is -0.144. The summed E-state index contributed by atoms with van der Waals surface area (Å²) >= 11 is 6.00. The highest BCUT2D eigenvalue weighted by atomic mass is 35.5. The van der Waals surface area contributed by atoms with Gasteiger partial charge in [-0.3, -0.25) is 9.59 Å². The summed E-state index contributed by atoms with van der Waals surface area (Å²) < 4.78 is 26.5. The topological polar surface area (TPSA) is 98.5 Å². The molecule has 0 amide bonds. The highest BCUT2D eigenvalue weighted by Gasteiger charge is 2.32. The molecule has 1 heterocycles. The van der Waals surface area contributed by atoms with Gasteiger partial charge in [-0.1, -0.05) is 54.4 Å². The third-order valence-electron chi connectivity index (χ3n) is 5.70. The fourth-order valence-corrected chi connectivity index (χ4v) is 4.60. The van der Waals surface area contributed by atoms with Crippen molar-refractivity contribution < 1.29 is 23.1 Å². The number of aryl methyl sites for hydroxylation is 1. The molecule has 1 aromatic heterocycles. The second-order valence-electron chi connectivity index (χ2n) is 9.71. The summed E-state index contributed by atoms with van der Waals surface area (Å²) in [5.41, 5.74) is 2.49. The molecular formula is C28H33ClN2O5S. The molecular weight excluding hydrogens is 512 g/mol. The predicted molar refractivity (Wildman–Crippen MR) is 146 cm³/mol. The van der Waals surface area contributed by atoms with Crippen LogP contribution < -0.4 is 4.72 Å². The molecule has 1 N–H and O–H groups in total. The van der Waals surface area contributed by atoms with Crippen LogP contribution in [0, 0.1) is 6.92 Å². The molecule has 3 rings (SSSR count). The largest absolute Gasteiger partial charge is 0.466 e. The molecule has 0 aliphatic heterocycles. The van der Waals surface area contributed by atoms with Gasteiger partial charge in [0.2, 0.25) is 0 Å². The summed E-state index contributed by atoms with van der Waals surface area (Å²) in [7, 11) is -1.51. The van der Waals surface area contributed by atoms with Crippen LogP contribution in [0.3, 0.4) is 0 Å². The molecule has 0 saturated heterocycles. The first kappa shape index (κ1) is 28.8. The van der Waals surface area contributed by atoms with Gasteiger partial charge in [0.15, 0.2) is 5.78 Å². The standard InChI is InChI=1S/C28H33ClN2O5S/c1-6-7-16-35-24(32)17-23(31-37(34)28(3,4)5)26-25(18(2)36-30-26)21-10-8-9-11-22(21)27(33)19-12-14-20(29)15-13-19/h8-15,23,31H,6-7,16-17H2,1-5H3/t23?,37-/m1/s1. The second-order valence-corrected chi connectivity index (χ2v) is 12.1. The number of aromatic nitrogens is 1. The first-order valence-corrected chi connectivity index (χ1v) is 13.7. The lowest BCUT2D eigenvalue weighted by Crippen LogP contribution is -2.37. The fourth-order valence-electron chi connectivity index (χ4n) is 3.67. The Morgan fingerprint density at radius 3 is 2.46 bits per heavy atom. The molecule has 2 atom stereocenters. The quantitative estimate of drug-likeness (QED) is 0.171. The highest BCUT2D eigenvalue weighted by molar-refractivity contribution is 7.84. The lowest BCUT2D eigenvalue weighted by atomic mass is 9.91.